The maximum absolute atomic E-state index is 6.19. The molecular weight excluding hydrogens is 258 g/mol. The van der Waals surface area contributed by atoms with Gasteiger partial charge in [0.25, 0.3) is 0 Å². The van der Waals surface area contributed by atoms with Crippen LogP contribution in [0.2, 0.25) is 0 Å². The fourth-order valence-electron chi connectivity index (χ4n) is 3.35. The minimum atomic E-state index is 0.0745. The van der Waals surface area contributed by atoms with Gasteiger partial charge in [0, 0.05) is 32.2 Å². The molecule has 0 saturated heterocycles. The molecule has 1 unspecified atom stereocenters. The van der Waals surface area contributed by atoms with Crippen LogP contribution in [0, 0.1) is 0 Å². The van der Waals surface area contributed by atoms with Gasteiger partial charge in [-0.2, -0.15) is 0 Å². The Balaban J connectivity index is 2.16. The molecule has 0 fully saturated rings. The number of fused-ring (bicyclic) bond motifs is 1. The molecule has 3 nitrogen and oxygen atoms in total. The number of rotatable bonds is 7. The van der Waals surface area contributed by atoms with Crippen LogP contribution >= 0.6 is 0 Å². The second kappa shape index (κ2) is 7.17. The third-order valence-corrected chi connectivity index (χ3v) is 4.90. The Hall–Kier alpha value is -1.22. The maximum atomic E-state index is 6.19. The van der Waals surface area contributed by atoms with Gasteiger partial charge in [0.2, 0.25) is 0 Å². The second-order valence-corrected chi connectivity index (χ2v) is 6.57. The van der Waals surface area contributed by atoms with E-state index in [0.717, 1.165) is 19.6 Å². The molecule has 0 radical (unpaired) electrons. The zero-order valence-electron chi connectivity index (χ0n) is 13.9. The highest BCUT2D eigenvalue weighted by atomic mass is 15.3. The van der Waals surface area contributed by atoms with Crippen molar-refractivity contribution in [2.24, 2.45) is 5.73 Å². The summed E-state index contributed by atoms with van der Waals surface area (Å²) < 4.78 is 0. The van der Waals surface area contributed by atoms with Crippen LogP contribution in [-0.4, -0.2) is 32.2 Å². The fraction of sp³-hybridized carbons (Fsp3) is 0.667. The Bertz CT molecular complexity index is 446. The van der Waals surface area contributed by atoms with Crippen molar-refractivity contribution >= 4 is 11.4 Å². The van der Waals surface area contributed by atoms with Gasteiger partial charge in [-0.05, 0) is 25.5 Å². The van der Waals surface area contributed by atoms with Crippen molar-refractivity contribution in [2.75, 3.05) is 36.5 Å². The van der Waals surface area contributed by atoms with Gasteiger partial charge in [-0.15, -0.1) is 0 Å². The molecule has 118 valence electrons. The molecule has 3 heteroatoms. The Kier molecular flexibility index (Phi) is 5.51. The van der Waals surface area contributed by atoms with E-state index in [1.54, 1.807) is 0 Å². The van der Waals surface area contributed by atoms with E-state index < -0.39 is 0 Å². The third kappa shape index (κ3) is 3.52. The molecule has 0 saturated carbocycles. The van der Waals surface area contributed by atoms with E-state index in [9.17, 15) is 0 Å². The van der Waals surface area contributed by atoms with Gasteiger partial charge >= 0.3 is 0 Å². The smallest absolute Gasteiger partial charge is 0.0609 e. The number of nitrogens with two attached hydrogens (primary N) is 1. The summed E-state index contributed by atoms with van der Waals surface area (Å²) in [7, 11) is 2.18. The van der Waals surface area contributed by atoms with Crippen molar-refractivity contribution in [1.82, 2.24) is 0 Å². The van der Waals surface area contributed by atoms with Crippen LogP contribution in [0.3, 0.4) is 0 Å². The van der Waals surface area contributed by atoms with Crippen LogP contribution in [-0.2, 0) is 0 Å². The van der Waals surface area contributed by atoms with E-state index in [2.05, 4.69) is 55.0 Å². The number of anilines is 2. The number of hydrogen-bond donors (Lipinski definition) is 1. The van der Waals surface area contributed by atoms with Gasteiger partial charge in [-0.1, -0.05) is 44.7 Å². The van der Waals surface area contributed by atoms with Gasteiger partial charge in [-0.3, -0.25) is 0 Å². The number of unbranched alkanes of at least 4 members (excludes halogenated alkanes) is 3. The Morgan fingerprint density at radius 1 is 1.10 bits per heavy atom. The van der Waals surface area contributed by atoms with Gasteiger partial charge in [0.1, 0.15) is 0 Å². The first-order valence-electron chi connectivity index (χ1n) is 8.40. The first-order valence-corrected chi connectivity index (χ1v) is 8.40. The topological polar surface area (TPSA) is 32.5 Å². The molecule has 1 heterocycles. The number of likely N-dealkylation sites (N-methyl/N-ethyl adjacent to an activating group) is 1. The molecule has 21 heavy (non-hydrogen) atoms. The van der Waals surface area contributed by atoms with E-state index in [4.69, 9.17) is 5.73 Å². The van der Waals surface area contributed by atoms with Crippen LogP contribution in [0.15, 0.2) is 24.3 Å². The van der Waals surface area contributed by atoms with E-state index in [0.29, 0.717) is 0 Å². The minimum absolute atomic E-state index is 0.0745. The van der Waals surface area contributed by atoms with E-state index in [1.807, 2.05) is 0 Å². The lowest BCUT2D eigenvalue weighted by molar-refractivity contribution is 0.379. The quantitative estimate of drug-likeness (QED) is 0.778. The van der Waals surface area contributed by atoms with Crippen molar-refractivity contribution < 1.29 is 0 Å². The number of para-hydroxylation sites is 2. The van der Waals surface area contributed by atoms with Crippen molar-refractivity contribution in [2.45, 2.75) is 51.5 Å². The zero-order valence-corrected chi connectivity index (χ0v) is 13.9. The Labute approximate surface area is 130 Å². The molecule has 0 aliphatic carbocycles. The van der Waals surface area contributed by atoms with Crippen LogP contribution in [0.4, 0.5) is 11.4 Å². The molecule has 1 aromatic rings. The summed E-state index contributed by atoms with van der Waals surface area (Å²) in [6.07, 6.45) is 6.40. The van der Waals surface area contributed by atoms with E-state index >= 15 is 0 Å². The summed E-state index contributed by atoms with van der Waals surface area (Å²) in [5.74, 6) is 0. The lowest BCUT2D eigenvalue weighted by atomic mass is 9.90. The van der Waals surface area contributed by atoms with Crippen LogP contribution < -0.4 is 15.5 Å². The fourth-order valence-corrected chi connectivity index (χ4v) is 3.35. The van der Waals surface area contributed by atoms with E-state index in [-0.39, 0.29) is 5.54 Å². The highest BCUT2D eigenvalue weighted by molar-refractivity contribution is 5.74. The van der Waals surface area contributed by atoms with Crippen LogP contribution in [0.25, 0.3) is 0 Å². The monoisotopic (exact) mass is 289 g/mol. The van der Waals surface area contributed by atoms with Crippen LogP contribution in [0.1, 0.15) is 46.0 Å². The normalized spacial score (nSPS) is 17.5. The largest absolute Gasteiger partial charge is 0.371 e. The van der Waals surface area contributed by atoms with Gasteiger partial charge in [-0.25, -0.2) is 0 Å². The number of hydrogen-bond acceptors (Lipinski definition) is 3. The first-order chi connectivity index (χ1) is 10.1. The lowest BCUT2D eigenvalue weighted by Gasteiger charge is -2.47. The van der Waals surface area contributed by atoms with Crippen molar-refractivity contribution in [3.63, 3.8) is 0 Å². The van der Waals surface area contributed by atoms with E-state index in [1.165, 1.54) is 43.5 Å². The molecule has 0 amide bonds. The van der Waals surface area contributed by atoms with Crippen molar-refractivity contribution in [3.05, 3.63) is 24.3 Å². The summed E-state index contributed by atoms with van der Waals surface area (Å²) in [4.78, 5) is 4.90. The molecule has 0 bridgehead atoms. The summed E-state index contributed by atoms with van der Waals surface area (Å²) in [5, 5.41) is 0. The standard InChI is InChI=1S/C18H31N3/c1-4-5-6-9-12-18(2,15-19)21-14-13-20(3)16-10-7-8-11-17(16)21/h7-8,10-11H,4-6,9,12-15,19H2,1-3H3. The molecule has 1 aromatic carbocycles. The summed E-state index contributed by atoms with van der Waals surface area (Å²) in [6, 6.07) is 8.72. The van der Waals surface area contributed by atoms with Gasteiger partial charge < -0.3 is 15.5 Å². The van der Waals surface area contributed by atoms with Gasteiger partial charge in [0.15, 0.2) is 0 Å². The second-order valence-electron chi connectivity index (χ2n) is 6.57. The SMILES string of the molecule is CCCCCCC(C)(CN)N1CCN(C)c2ccccc21. The molecule has 0 aromatic heterocycles. The van der Waals surface area contributed by atoms with Gasteiger partial charge in [0.05, 0.1) is 11.4 Å². The zero-order chi connectivity index (χ0) is 15.3. The van der Waals surface area contributed by atoms with Crippen molar-refractivity contribution in [3.8, 4) is 0 Å². The first kappa shape index (κ1) is 16.2. The lowest BCUT2D eigenvalue weighted by Crippen LogP contribution is -2.56. The minimum Gasteiger partial charge on any atom is -0.371 e. The highest BCUT2D eigenvalue weighted by Gasteiger charge is 2.34. The molecule has 1 aliphatic heterocycles. The average molecular weight is 289 g/mol. The molecule has 2 rings (SSSR count). The van der Waals surface area contributed by atoms with Crippen LogP contribution in [0.5, 0.6) is 0 Å². The Morgan fingerprint density at radius 2 is 1.81 bits per heavy atom. The van der Waals surface area contributed by atoms with Crippen molar-refractivity contribution in [1.29, 1.82) is 0 Å². The number of benzene rings is 1. The summed E-state index contributed by atoms with van der Waals surface area (Å²) >= 11 is 0. The molecule has 2 N–H and O–H groups in total. The highest BCUT2D eigenvalue weighted by Crippen LogP contribution is 2.37. The molecule has 1 aliphatic rings. The predicted octanol–water partition coefficient (Wildman–Crippen LogP) is 3.63. The summed E-state index contributed by atoms with van der Waals surface area (Å²) in [5.41, 5.74) is 8.94. The average Bonchev–Trinajstić information content (AvgIpc) is 2.52. The molecule has 0 spiro atoms. The molecule has 1 atom stereocenters. The predicted molar refractivity (Wildman–Crippen MR) is 93.3 cm³/mol. The molecular formula is C18H31N3. The third-order valence-electron chi connectivity index (χ3n) is 4.90. The number of nitrogens with zero attached hydrogens (tertiary/aromatic N) is 2. The Morgan fingerprint density at radius 3 is 2.48 bits per heavy atom. The summed E-state index contributed by atoms with van der Waals surface area (Å²) in [6.45, 7) is 7.45. The maximum Gasteiger partial charge on any atom is 0.0609 e.